The number of nitrogens with zero attached hydrogens (tertiary/aromatic N) is 2. The highest BCUT2D eigenvalue weighted by atomic mass is 19.1. The Labute approximate surface area is 151 Å². The van der Waals surface area contributed by atoms with Gasteiger partial charge in [0.1, 0.15) is 17.5 Å². The summed E-state index contributed by atoms with van der Waals surface area (Å²) in [6.07, 6.45) is 2.86. The van der Waals surface area contributed by atoms with Crippen molar-refractivity contribution in [2.75, 3.05) is 0 Å². The number of fused-ring (bicyclic) bond motifs is 1. The van der Waals surface area contributed by atoms with Gasteiger partial charge in [-0.25, -0.2) is 13.9 Å². The second kappa shape index (κ2) is 7.27. The van der Waals surface area contributed by atoms with Gasteiger partial charge in [-0.1, -0.05) is 32.4 Å². The zero-order valence-electron chi connectivity index (χ0n) is 14.8. The van der Waals surface area contributed by atoms with Gasteiger partial charge < -0.3 is 10.4 Å². The number of rotatable bonds is 6. The lowest BCUT2D eigenvalue weighted by Gasteiger charge is -2.19. The average Bonchev–Trinajstić information content (AvgIpc) is 3.21. The van der Waals surface area contributed by atoms with Crippen LogP contribution in [0.1, 0.15) is 48.4 Å². The molecule has 0 fully saturated rings. The molecule has 1 aromatic carbocycles. The second-order valence-corrected chi connectivity index (χ2v) is 6.67. The van der Waals surface area contributed by atoms with Crippen LogP contribution in [0.4, 0.5) is 4.39 Å². The Bertz CT molecular complexity index is 847. The third-order valence-corrected chi connectivity index (χ3v) is 4.99. The number of amides is 1. The fourth-order valence-electron chi connectivity index (χ4n) is 3.34. The number of carboxylic acids is 1. The quantitative estimate of drug-likeness (QED) is 0.831. The summed E-state index contributed by atoms with van der Waals surface area (Å²) >= 11 is 0. The van der Waals surface area contributed by atoms with Crippen molar-refractivity contribution in [3.05, 3.63) is 47.0 Å². The number of carbonyl (C=O) groups excluding carboxylic acids is 1. The van der Waals surface area contributed by atoms with Crippen molar-refractivity contribution >= 4 is 11.9 Å². The topological polar surface area (TPSA) is 84.2 Å². The summed E-state index contributed by atoms with van der Waals surface area (Å²) in [5.74, 6) is -2.22. The molecule has 0 unspecified atom stereocenters. The summed E-state index contributed by atoms with van der Waals surface area (Å²) in [5.41, 5.74) is 2.08. The highest BCUT2D eigenvalue weighted by Crippen LogP contribution is 2.28. The van der Waals surface area contributed by atoms with E-state index in [9.17, 15) is 19.1 Å². The van der Waals surface area contributed by atoms with E-state index in [1.807, 2.05) is 6.92 Å². The van der Waals surface area contributed by atoms with E-state index >= 15 is 0 Å². The van der Waals surface area contributed by atoms with Crippen molar-refractivity contribution in [3.63, 3.8) is 0 Å². The number of para-hydroxylation sites is 1. The third kappa shape index (κ3) is 3.21. The average molecular weight is 359 g/mol. The maximum absolute atomic E-state index is 14.2. The molecule has 0 aliphatic heterocycles. The SMILES string of the molecule is CC[C@H](C)[C@H](NC(=O)c1nn(-c2ccccc2F)c2c1CCC2)C(=O)O. The molecule has 2 atom stereocenters. The largest absolute Gasteiger partial charge is 0.480 e. The Balaban J connectivity index is 1.96. The number of carboxylic acid groups (broad SMARTS) is 1. The van der Waals surface area contributed by atoms with E-state index in [2.05, 4.69) is 10.4 Å². The van der Waals surface area contributed by atoms with Crippen LogP contribution in [0.25, 0.3) is 5.69 Å². The molecule has 3 rings (SSSR count). The van der Waals surface area contributed by atoms with Gasteiger partial charge in [-0.2, -0.15) is 5.10 Å². The van der Waals surface area contributed by atoms with Crippen LogP contribution in [-0.2, 0) is 17.6 Å². The van der Waals surface area contributed by atoms with Gasteiger partial charge in [-0.05, 0) is 37.3 Å². The summed E-state index contributed by atoms with van der Waals surface area (Å²) < 4.78 is 15.7. The first-order valence-electron chi connectivity index (χ1n) is 8.83. The second-order valence-electron chi connectivity index (χ2n) is 6.67. The first-order valence-corrected chi connectivity index (χ1v) is 8.83. The molecule has 0 bridgehead atoms. The Kier molecular flexibility index (Phi) is 5.06. The van der Waals surface area contributed by atoms with E-state index < -0.39 is 23.7 Å². The van der Waals surface area contributed by atoms with E-state index in [0.29, 0.717) is 24.9 Å². The molecule has 2 N–H and O–H groups in total. The van der Waals surface area contributed by atoms with Crippen LogP contribution in [-0.4, -0.2) is 32.8 Å². The summed E-state index contributed by atoms with van der Waals surface area (Å²) in [6.45, 7) is 3.65. The fourth-order valence-corrected chi connectivity index (χ4v) is 3.34. The van der Waals surface area contributed by atoms with Crippen LogP contribution in [0.5, 0.6) is 0 Å². The Morgan fingerprint density at radius 3 is 2.73 bits per heavy atom. The normalized spacial score (nSPS) is 15.3. The maximum Gasteiger partial charge on any atom is 0.326 e. The Morgan fingerprint density at radius 2 is 2.08 bits per heavy atom. The molecule has 0 saturated carbocycles. The Morgan fingerprint density at radius 1 is 1.35 bits per heavy atom. The summed E-state index contributed by atoms with van der Waals surface area (Å²) in [4.78, 5) is 24.2. The summed E-state index contributed by atoms with van der Waals surface area (Å²) in [6, 6.07) is 5.29. The highest BCUT2D eigenvalue weighted by Gasteiger charge is 2.31. The standard InChI is InChI=1S/C19H22FN3O3/c1-3-11(2)16(19(25)26)21-18(24)17-12-7-6-10-14(12)23(22-17)15-9-5-4-8-13(15)20/h4-5,8-9,11,16H,3,6-7,10H2,1-2H3,(H,21,24)(H,25,26)/t11-,16-/m0/s1. The number of benzene rings is 1. The number of aromatic nitrogens is 2. The van der Waals surface area contributed by atoms with Gasteiger partial charge >= 0.3 is 5.97 Å². The number of halogens is 1. The smallest absolute Gasteiger partial charge is 0.326 e. The number of hydrogen-bond acceptors (Lipinski definition) is 3. The van der Waals surface area contributed by atoms with E-state index in [0.717, 1.165) is 17.7 Å². The fraction of sp³-hybridized carbons (Fsp3) is 0.421. The maximum atomic E-state index is 14.2. The molecular weight excluding hydrogens is 337 g/mol. The molecular formula is C19H22FN3O3. The predicted molar refractivity (Wildman–Crippen MR) is 93.9 cm³/mol. The zero-order chi connectivity index (χ0) is 18.8. The lowest BCUT2D eigenvalue weighted by Crippen LogP contribution is -2.45. The minimum Gasteiger partial charge on any atom is -0.480 e. The predicted octanol–water partition coefficient (Wildman–Crippen LogP) is 2.73. The number of aliphatic carboxylic acids is 1. The van der Waals surface area contributed by atoms with Crippen LogP contribution < -0.4 is 5.32 Å². The molecule has 138 valence electrons. The summed E-state index contributed by atoms with van der Waals surface area (Å²) in [7, 11) is 0. The van der Waals surface area contributed by atoms with Crippen LogP contribution in [0.2, 0.25) is 0 Å². The van der Waals surface area contributed by atoms with Gasteiger partial charge in [-0.3, -0.25) is 4.79 Å². The number of hydrogen-bond donors (Lipinski definition) is 2. The van der Waals surface area contributed by atoms with Crippen LogP contribution in [0, 0.1) is 11.7 Å². The molecule has 1 aliphatic carbocycles. The molecule has 0 radical (unpaired) electrons. The van der Waals surface area contributed by atoms with Gasteiger partial charge in [0, 0.05) is 11.3 Å². The van der Waals surface area contributed by atoms with Crippen molar-refractivity contribution in [2.24, 2.45) is 5.92 Å². The van der Waals surface area contributed by atoms with E-state index in [4.69, 9.17) is 0 Å². The molecule has 2 aromatic rings. The molecule has 0 spiro atoms. The molecule has 1 amide bonds. The number of nitrogens with one attached hydrogen (secondary N) is 1. The lowest BCUT2D eigenvalue weighted by molar-refractivity contribution is -0.140. The number of carbonyl (C=O) groups is 2. The molecule has 1 heterocycles. The molecule has 26 heavy (non-hydrogen) atoms. The van der Waals surface area contributed by atoms with Gasteiger partial charge in [0.05, 0.1) is 0 Å². The molecule has 1 aliphatic rings. The minimum absolute atomic E-state index is 0.190. The van der Waals surface area contributed by atoms with E-state index in [1.54, 1.807) is 25.1 Å². The molecule has 6 nitrogen and oxygen atoms in total. The summed E-state index contributed by atoms with van der Waals surface area (Å²) in [5, 5.41) is 16.3. The molecule has 1 aromatic heterocycles. The van der Waals surface area contributed by atoms with Crippen molar-refractivity contribution in [2.45, 2.75) is 45.6 Å². The van der Waals surface area contributed by atoms with Crippen molar-refractivity contribution in [3.8, 4) is 5.69 Å². The van der Waals surface area contributed by atoms with Crippen LogP contribution >= 0.6 is 0 Å². The first kappa shape index (κ1) is 18.1. The Hall–Kier alpha value is -2.70. The van der Waals surface area contributed by atoms with Gasteiger partial charge in [-0.15, -0.1) is 0 Å². The van der Waals surface area contributed by atoms with Crippen molar-refractivity contribution < 1.29 is 19.1 Å². The monoisotopic (exact) mass is 359 g/mol. The van der Waals surface area contributed by atoms with Gasteiger partial charge in [0.15, 0.2) is 5.69 Å². The zero-order valence-corrected chi connectivity index (χ0v) is 14.8. The van der Waals surface area contributed by atoms with E-state index in [1.165, 1.54) is 10.7 Å². The lowest BCUT2D eigenvalue weighted by atomic mass is 9.99. The van der Waals surface area contributed by atoms with Crippen molar-refractivity contribution in [1.29, 1.82) is 0 Å². The first-order chi connectivity index (χ1) is 12.4. The molecule has 7 heteroatoms. The minimum atomic E-state index is -1.07. The van der Waals surface area contributed by atoms with Crippen molar-refractivity contribution in [1.82, 2.24) is 15.1 Å². The van der Waals surface area contributed by atoms with Gasteiger partial charge in [0.25, 0.3) is 5.91 Å². The van der Waals surface area contributed by atoms with Gasteiger partial charge in [0.2, 0.25) is 0 Å². The van der Waals surface area contributed by atoms with Crippen LogP contribution in [0.15, 0.2) is 24.3 Å². The third-order valence-electron chi connectivity index (χ3n) is 4.99. The van der Waals surface area contributed by atoms with Crippen LogP contribution in [0.3, 0.4) is 0 Å². The molecule has 0 saturated heterocycles. The highest BCUT2D eigenvalue weighted by molar-refractivity contribution is 5.96. The van der Waals surface area contributed by atoms with E-state index in [-0.39, 0.29) is 11.6 Å².